The molecule has 1 amide bonds. The molecule has 0 radical (unpaired) electrons. The number of anilines is 1. The second kappa shape index (κ2) is 13.2. The van der Waals surface area contributed by atoms with Gasteiger partial charge < -0.3 is 19.5 Å². The minimum atomic E-state index is -5.14. The lowest BCUT2D eigenvalue weighted by Gasteiger charge is -2.33. The van der Waals surface area contributed by atoms with Crippen LogP contribution in [0.15, 0.2) is 48.7 Å². The summed E-state index contributed by atoms with van der Waals surface area (Å²) in [6.45, 7) is 3.93. The van der Waals surface area contributed by atoms with Gasteiger partial charge in [-0.1, -0.05) is 0 Å². The van der Waals surface area contributed by atoms with Crippen LogP contribution in [0.4, 0.5) is 50.1 Å². The number of nitrogens with zero attached hydrogens (tertiary/aromatic N) is 5. The van der Waals surface area contributed by atoms with Crippen LogP contribution in [0, 0.1) is 6.92 Å². The smallest absolute Gasteiger partial charge is 0.434 e. The first-order chi connectivity index (χ1) is 24.7. The molecule has 0 bridgehead atoms. The van der Waals surface area contributed by atoms with Crippen LogP contribution < -0.4 is 9.64 Å². The number of carbonyl (C=O) groups is 2. The first kappa shape index (κ1) is 37.3. The number of benzene rings is 2. The Morgan fingerprint density at radius 1 is 0.962 bits per heavy atom. The molecule has 53 heavy (non-hydrogen) atoms. The first-order valence-electron chi connectivity index (χ1n) is 15.8. The maximum atomic E-state index is 14.1. The summed E-state index contributed by atoms with van der Waals surface area (Å²) in [5, 5.41) is 13.1. The zero-order chi connectivity index (χ0) is 38.8. The van der Waals surface area contributed by atoms with Crippen LogP contribution in [0.5, 0.6) is 5.75 Å². The predicted octanol–water partition coefficient (Wildman–Crippen LogP) is 8.30. The van der Waals surface area contributed by atoms with Crippen molar-refractivity contribution < 1.29 is 63.7 Å². The number of carbonyl (C=O) groups excluding carboxylic acids is 1. The van der Waals surface area contributed by atoms with Crippen LogP contribution in [0.1, 0.15) is 63.4 Å². The van der Waals surface area contributed by atoms with Gasteiger partial charge in [0.15, 0.2) is 5.69 Å². The Morgan fingerprint density at radius 2 is 1.60 bits per heavy atom. The number of pyridine rings is 1. The van der Waals surface area contributed by atoms with Crippen LogP contribution >= 0.6 is 0 Å². The number of amides is 1. The number of aromatic nitrogens is 3. The third kappa shape index (κ3) is 7.03. The van der Waals surface area contributed by atoms with Crippen molar-refractivity contribution in [2.75, 3.05) is 25.1 Å². The average molecular weight is 758 g/mol. The number of methoxy groups -OCH3 is 1. The van der Waals surface area contributed by atoms with Gasteiger partial charge in [0.25, 0.3) is 0 Å². The topological polar surface area (TPSA) is 110 Å². The second-order valence-electron chi connectivity index (χ2n) is 12.5. The van der Waals surface area contributed by atoms with Gasteiger partial charge in [-0.05, 0) is 73.9 Å². The molecular weight excluding hydrogens is 729 g/mol. The fourth-order valence-electron chi connectivity index (χ4n) is 6.37. The van der Waals surface area contributed by atoms with Gasteiger partial charge >= 0.3 is 30.6 Å². The van der Waals surface area contributed by atoms with Crippen molar-refractivity contribution in [3.8, 4) is 22.6 Å². The molecule has 0 unspecified atom stereocenters. The van der Waals surface area contributed by atoms with Crippen molar-refractivity contribution >= 4 is 17.9 Å². The van der Waals surface area contributed by atoms with E-state index in [9.17, 15) is 54.2 Å². The van der Waals surface area contributed by atoms with Crippen LogP contribution in [0.2, 0.25) is 0 Å². The molecule has 0 spiro atoms. The van der Waals surface area contributed by atoms with E-state index >= 15 is 0 Å². The lowest BCUT2D eigenvalue weighted by atomic mass is 9.95. The quantitative estimate of drug-likeness (QED) is 0.179. The van der Waals surface area contributed by atoms with Crippen molar-refractivity contribution in [2.45, 2.75) is 57.5 Å². The molecule has 282 valence electrons. The molecule has 2 aliphatic heterocycles. The van der Waals surface area contributed by atoms with E-state index in [0.717, 1.165) is 11.3 Å². The number of hydrogen-bond acceptors (Lipinski definition) is 7. The highest BCUT2D eigenvalue weighted by atomic mass is 19.4. The molecule has 4 heterocycles. The summed E-state index contributed by atoms with van der Waals surface area (Å²) in [4.78, 5) is 32.7. The summed E-state index contributed by atoms with van der Waals surface area (Å²) in [5.74, 6) is -1.25. The van der Waals surface area contributed by atoms with Gasteiger partial charge in [-0.25, -0.2) is 19.3 Å². The van der Waals surface area contributed by atoms with Crippen LogP contribution in [-0.4, -0.2) is 63.1 Å². The second-order valence-corrected chi connectivity index (χ2v) is 12.5. The Bertz CT molecular complexity index is 2060. The molecule has 6 rings (SSSR count). The van der Waals surface area contributed by atoms with E-state index in [0.29, 0.717) is 47.5 Å². The third-order valence-corrected chi connectivity index (χ3v) is 9.07. The molecule has 2 aromatic carbocycles. The maximum Gasteiger partial charge on any atom is 0.434 e. The average Bonchev–Trinajstić information content (AvgIpc) is 3.61. The molecule has 2 aliphatic rings. The van der Waals surface area contributed by atoms with Gasteiger partial charge in [0, 0.05) is 24.2 Å². The summed E-state index contributed by atoms with van der Waals surface area (Å²) in [6, 6.07) is 5.33. The number of carboxylic acids is 1. The maximum absolute atomic E-state index is 14.1. The molecule has 4 aromatic rings. The number of alkyl halides is 9. The number of rotatable bonds is 8. The molecule has 0 saturated carbocycles. The largest absolute Gasteiger partial charge is 0.496 e. The highest BCUT2D eigenvalue weighted by molar-refractivity contribution is 5.89. The lowest BCUT2D eigenvalue weighted by molar-refractivity contribution is -0.144. The number of ether oxygens (including phenoxy) is 2. The molecule has 19 heteroatoms. The highest BCUT2D eigenvalue weighted by Gasteiger charge is 2.44. The van der Waals surface area contributed by atoms with Crippen molar-refractivity contribution in [3.05, 3.63) is 87.9 Å². The minimum absolute atomic E-state index is 0.0339. The van der Waals surface area contributed by atoms with E-state index in [2.05, 4.69) is 5.10 Å². The van der Waals surface area contributed by atoms with Gasteiger partial charge in [-0.15, -0.1) is 0 Å². The molecule has 0 aliphatic carbocycles. The summed E-state index contributed by atoms with van der Waals surface area (Å²) in [7, 11) is 1.29. The lowest BCUT2D eigenvalue weighted by Crippen LogP contribution is -2.38. The van der Waals surface area contributed by atoms with Gasteiger partial charge in [0.1, 0.15) is 23.2 Å². The molecular formula is C34H28F9N5O5. The van der Waals surface area contributed by atoms with Crippen molar-refractivity contribution in [3.63, 3.8) is 0 Å². The minimum Gasteiger partial charge on any atom is -0.496 e. The fraction of sp³-hybridized carbons (Fsp3) is 0.353. The summed E-state index contributed by atoms with van der Waals surface area (Å²) >= 11 is 0. The van der Waals surface area contributed by atoms with E-state index in [1.807, 2.05) is 4.90 Å². The zero-order valence-electron chi connectivity index (χ0n) is 27.8. The van der Waals surface area contributed by atoms with Gasteiger partial charge in [0.05, 0.1) is 48.4 Å². The Kier molecular flexibility index (Phi) is 9.26. The number of halogens is 9. The molecule has 2 atom stereocenters. The number of aromatic carboxylic acids is 1. The van der Waals surface area contributed by atoms with Crippen LogP contribution in [-0.2, 0) is 29.8 Å². The monoisotopic (exact) mass is 757 g/mol. The van der Waals surface area contributed by atoms with E-state index in [-0.39, 0.29) is 34.3 Å². The highest BCUT2D eigenvalue weighted by Crippen LogP contribution is 2.44. The molecule has 2 saturated heterocycles. The number of hydrogen-bond donors (Lipinski definition) is 1. The number of cyclic esters (lactones) is 1. The van der Waals surface area contributed by atoms with Crippen molar-refractivity contribution in [1.29, 1.82) is 0 Å². The first-order valence-corrected chi connectivity index (χ1v) is 15.8. The number of carboxylic acid groups (broad SMARTS) is 1. The van der Waals surface area contributed by atoms with Gasteiger partial charge in [-0.2, -0.15) is 44.6 Å². The predicted molar refractivity (Wildman–Crippen MR) is 168 cm³/mol. The fourth-order valence-corrected chi connectivity index (χ4v) is 6.37. The summed E-state index contributed by atoms with van der Waals surface area (Å²) < 4.78 is 136. The van der Waals surface area contributed by atoms with Gasteiger partial charge in [0.2, 0.25) is 0 Å². The molecule has 10 nitrogen and oxygen atoms in total. The van der Waals surface area contributed by atoms with E-state index in [1.54, 1.807) is 13.0 Å². The Morgan fingerprint density at radius 3 is 2.13 bits per heavy atom. The van der Waals surface area contributed by atoms with Crippen LogP contribution in [0.3, 0.4) is 0 Å². The Hall–Kier alpha value is -5.49. The third-order valence-electron chi connectivity index (χ3n) is 9.07. The SMILES string of the molecule is COc1ccc(-n2ncc(C(=O)O)c2C(F)(F)F)cc1-c1c(C)cc(N2CCC2)nc1CN1C(=O)O[C@H](c2cc(C(F)(F)F)cc(C(F)(F)F)c2)[C@@H]1C. The molecule has 1 N–H and O–H groups in total. The Labute approximate surface area is 294 Å². The standard InChI is InChI=1S/C34H28F9N5O5/c1-16-9-26(46-7-4-8-46)45-24(15-47-17(2)28(53-31(47)51)18-10-19(32(35,36)37)12-20(11-18)33(38,39)40)27(16)22-13-21(5-6-25(22)52-3)48-29(34(41,42)43)23(14-44-48)30(49)50/h5-6,9-14,17,28H,4,7-8,15H2,1-3H3,(H,49,50)/t17-,28-/m0/s1. The van der Waals surface area contributed by atoms with E-state index in [4.69, 9.17) is 14.5 Å². The summed E-state index contributed by atoms with van der Waals surface area (Å²) in [6.07, 6.45) is -16.6. The number of aryl methyl sites for hydroxylation is 1. The van der Waals surface area contributed by atoms with Gasteiger partial charge in [-0.3, -0.25) is 4.90 Å². The zero-order valence-corrected chi connectivity index (χ0v) is 27.8. The molecule has 2 aromatic heterocycles. The van der Waals surface area contributed by atoms with Crippen LogP contribution in [0.25, 0.3) is 16.8 Å². The summed E-state index contributed by atoms with van der Waals surface area (Å²) in [5.41, 5.74) is -5.47. The van der Waals surface area contributed by atoms with E-state index in [1.165, 1.54) is 32.2 Å². The Balaban J connectivity index is 1.46. The van der Waals surface area contributed by atoms with E-state index < -0.39 is 77.2 Å². The van der Waals surface area contributed by atoms with Crippen molar-refractivity contribution in [1.82, 2.24) is 19.7 Å². The van der Waals surface area contributed by atoms with Crippen molar-refractivity contribution in [2.24, 2.45) is 0 Å². The molecule has 2 fully saturated rings. The normalized spacial score (nSPS) is 17.9.